The van der Waals surface area contributed by atoms with Crippen molar-refractivity contribution in [3.05, 3.63) is 41.7 Å². The zero-order chi connectivity index (χ0) is 14.5. The minimum absolute atomic E-state index is 0.0140. The van der Waals surface area contributed by atoms with Gasteiger partial charge < -0.3 is 14.4 Å². The summed E-state index contributed by atoms with van der Waals surface area (Å²) in [7, 11) is 1.61. The first-order valence-electron chi connectivity index (χ1n) is 6.09. The highest BCUT2D eigenvalue weighted by Gasteiger charge is 2.38. The Balaban J connectivity index is 2.07. The molecule has 0 aromatic heterocycles. The SMILES string of the molecule is CN1CC(C=O)N(C(=O)OCc2ccccc2)C1=C=O. The summed E-state index contributed by atoms with van der Waals surface area (Å²) in [5.41, 5.74) is 0.827. The van der Waals surface area contributed by atoms with Crippen molar-refractivity contribution in [3.8, 4) is 0 Å². The third kappa shape index (κ3) is 2.70. The maximum absolute atomic E-state index is 12.0. The van der Waals surface area contributed by atoms with E-state index < -0.39 is 12.1 Å². The quantitative estimate of drug-likeness (QED) is 0.603. The van der Waals surface area contributed by atoms with Gasteiger partial charge in [-0.25, -0.2) is 14.5 Å². The van der Waals surface area contributed by atoms with Crippen molar-refractivity contribution in [2.24, 2.45) is 0 Å². The summed E-state index contributed by atoms with van der Waals surface area (Å²) < 4.78 is 5.13. The smallest absolute Gasteiger partial charge is 0.417 e. The fraction of sp³-hybridized carbons (Fsp3) is 0.286. The van der Waals surface area contributed by atoms with Gasteiger partial charge in [-0.3, -0.25) is 0 Å². The summed E-state index contributed by atoms with van der Waals surface area (Å²) in [6, 6.07) is 8.43. The zero-order valence-corrected chi connectivity index (χ0v) is 11.0. The number of nitrogens with zero attached hydrogens (tertiary/aromatic N) is 2. The molecule has 1 saturated heterocycles. The van der Waals surface area contributed by atoms with Crippen LogP contribution in [0.2, 0.25) is 0 Å². The lowest BCUT2D eigenvalue weighted by Crippen LogP contribution is -2.37. The summed E-state index contributed by atoms with van der Waals surface area (Å²) in [6.07, 6.45) is -0.112. The van der Waals surface area contributed by atoms with Gasteiger partial charge in [0.1, 0.15) is 18.9 Å². The van der Waals surface area contributed by atoms with Crippen molar-refractivity contribution in [1.82, 2.24) is 9.80 Å². The molecule has 0 spiro atoms. The molecule has 20 heavy (non-hydrogen) atoms. The highest BCUT2D eigenvalue weighted by Crippen LogP contribution is 2.20. The topological polar surface area (TPSA) is 66.9 Å². The van der Waals surface area contributed by atoms with Crippen molar-refractivity contribution in [3.63, 3.8) is 0 Å². The highest BCUT2D eigenvalue weighted by molar-refractivity contribution is 5.79. The van der Waals surface area contributed by atoms with Crippen molar-refractivity contribution < 1.29 is 19.1 Å². The lowest BCUT2D eigenvalue weighted by molar-refractivity contribution is -0.110. The Bertz CT molecular complexity index is 552. The minimum Gasteiger partial charge on any atom is -0.444 e. The van der Waals surface area contributed by atoms with E-state index in [9.17, 15) is 14.4 Å². The van der Waals surface area contributed by atoms with Gasteiger partial charge in [0, 0.05) is 13.6 Å². The molecule has 2 rings (SSSR count). The first kappa shape index (κ1) is 13.8. The van der Waals surface area contributed by atoms with Crippen molar-refractivity contribution in [1.29, 1.82) is 0 Å². The molecule has 1 fully saturated rings. The van der Waals surface area contributed by atoms with Crippen molar-refractivity contribution >= 4 is 18.3 Å². The van der Waals surface area contributed by atoms with Crippen LogP contribution in [0.4, 0.5) is 4.79 Å². The van der Waals surface area contributed by atoms with Gasteiger partial charge in [-0.05, 0) is 5.56 Å². The Morgan fingerprint density at radius 1 is 1.45 bits per heavy atom. The molecule has 0 N–H and O–H groups in total. The number of likely N-dealkylation sites (N-methyl/N-ethyl adjacent to an activating group) is 1. The van der Waals surface area contributed by atoms with Crippen LogP contribution >= 0.6 is 0 Å². The molecule has 104 valence electrons. The number of benzene rings is 1. The monoisotopic (exact) mass is 274 g/mol. The third-order valence-corrected chi connectivity index (χ3v) is 3.03. The number of hydrogen-bond acceptors (Lipinski definition) is 5. The van der Waals surface area contributed by atoms with E-state index in [1.54, 1.807) is 13.0 Å². The van der Waals surface area contributed by atoms with Crippen LogP contribution in [0, 0.1) is 0 Å². The Labute approximate surface area is 116 Å². The molecule has 1 atom stereocenters. The van der Waals surface area contributed by atoms with Crippen LogP contribution in [0.15, 0.2) is 36.2 Å². The number of carbonyl (C=O) groups excluding carboxylic acids is 3. The Kier molecular flexibility index (Phi) is 4.17. The number of aldehydes is 1. The molecule has 0 saturated carbocycles. The maximum Gasteiger partial charge on any atom is 0.417 e. The van der Waals surface area contributed by atoms with Gasteiger partial charge in [0.25, 0.3) is 0 Å². The van der Waals surface area contributed by atoms with Gasteiger partial charge in [0.05, 0.1) is 0 Å². The molecule has 1 aromatic rings. The van der Waals surface area contributed by atoms with Gasteiger partial charge in [-0.1, -0.05) is 30.3 Å². The van der Waals surface area contributed by atoms with E-state index in [2.05, 4.69) is 0 Å². The third-order valence-electron chi connectivity index (χ3n) is 3.03. The van der Waals surface area contributed by atoms with Gasteiger partial charge >= 0.3 is 6.09 Å². The lowest BCUT2D eigenvalue weighted by Gasteiger charge is -2.19. The van der Waals surface area contributed by atoms with E-state index >= 15 is 0 Å². The van der Waals surface area contributed by atoms with Crippen LogP contribution in [0.1, 0.15) is 5.56 Å². The first-order valence-corrected chi connectivity index (χ1v) is 6.09. The van der Waals surface area contributed by atoms with Crippen LogP contribution < -0.4 is 0 Å². The van der Waals surface area contributed by atoms with Gasteiger partial charge in [-0.15, -0.1) is 0 Å². The summed E-state index contributed by atoms with van der Waals surface area (Å²) in [5, 5.41) is 0. The number of amides is 1. The minimum atomic E-state index is -0.728. The van der Waals surface area contributed by atoms with Crippen molar-refractivity contribution in [2.45, 2.75) is 12.6 Å². The molecular weight excluding hydrogens is 260 g/mol. The molecular formula is C14H14N2O4. The molecule has 1 amide bonds. The fourth-order valence-corrected chi connectivity index (χ4v) is 2.03. The molecule has 1 unspecified atom stereocenters. The Hall–Kier alpha value is -2.59. The predicted molar refractivity (Wildman–Crippen MR) is 70.2 cm³/mol. The number of hydrogen-bond donors (Lipinski definition) is 0. The summed E-state index contributed by atoms with van der Waals surface area (Å²) in [4.78, 5) is 36.4. The molecule has 1 aliphatic rings. The first-order chi connectivity index (χ1) is 9.67. The molecule has 1 aromatic carbocycles. The van der Waals surface area contributed by atoms with Gasteiger partial charge in [0.2, 0.25) is 5.82 Å². The zero-order valence-electron chi connectivity index (χ0n) is 11.0. The highest BCUT2D eigenvalue weighted by atomic mass is 16.6. The normalized spacial score (nSPS) is 17.9. The molecule has 0 radical (unpaired) electrons. The molecule has 6 nitrogen and oxygen atoms in total. The standard InChI is InChI=1S/C14H14N2O4/c1-15-7-12(8-17)16(13(15)9-18)14(19)20-10-11-5-3-2-4-6-11/h2-6,8,12H,7,10H2,1H3. The number of ether oxygens (including phenoxy) is 1. The van der Waals surface area contributed by atoms with Crippen LogP contribution in [0.3, 0.4) is 0 Å². The van der Waals surface area contributed by atoms with Gasteiger partial charge in [-0.2, -0.15) is 0 Å². The maximum atomic E-state index is 12.0. The number of carbonyl (C=O) groups is 2. The lowest BCUT2D eigenvalue weighted by atomic mass is 10.2. The second kappa shape index (κ2) is 6.04. The average molecular weight is 274 g/mol. The van der Waals surface area contributed by atoms with E-state index in [0.29, 0.717) is 6.29 Å². The Morgan fingerprint density at radius 2 is 2.15 bits per heavy atom. The Morgan fingerprint density at radius 3 is 2.75 bits per heavy atom. The fourth-order valence-electron chi connectivity index (χ4n) is 2.03. The molecule has 0 bridgehead atoms. The predicted octanol–water partition coefficient (Wildman–Crippen LogP) is 0.811. The molecule has 1 heterocycles. The summed E-state index contributed by atoms with van der Waals surface area (Å²) in [6.45, 7) is 0.339. The summed E-state index contributed by atoms with van der Waals surface area (Å²) >= 11 is 0. The molecule has 6 heteroatoms. The van der Waals surface area contributed by atoms with E-state index in [1.165, 1.54) is 4.90 Å². The van der Waals surface area contributed by atoms with E-state index in [-0.39, 0.29) is 19.0 Å². The van der Waals surface area contributed by atoms with Crippen molar-refractivity contribution in [2.75, 3.05) is 13.6 Å². The van der Waals surface area contributed by atoms with Crippen LogP contribution in [-0.2, 0) is 20.9 Å². The van der Waals surface area contributed by atoms with Crippen LogP contribution in [0.25, 0.3) is 0 Å². The van der Waals surface area contributed by atoms with E-state index in [0.717, 1.165) is 10.5 Å². The van der Waals surface area contributed by atoms with E-state index in [1.807, 2.05) is 30.3 Å². The molecule has 0 aliphatic carbocycles. The van der Waals surface area contributed by atoms with Crippen LogP contribution in [0.5, 0.6) is 0 Å². The van der Waals surface area contributed by atoms with Crippen LogP contribution in [-0.4, -0.2) is 47.8 Å². The van der Waals surface area contributed by atoms with E-state index in [4.69, 9.17) is 4.74 Å². The van der Waals surface area contributed by atoms with Gasteiger partial charge in [0.15, 0.2) is 5.94 Å². The largest absolute Gasteiger partial charge is 0.444 e. The molecule has 1 aliphatic heterocycles. The average Bonchev–Trinajstić information content (AvgIpc) is 2.81. The second-order valence-electron chi connectivity index (χ2n) is 4.42. The summed E-state index contributed by atoms with van der Waals surface area (Å²) in [5.74, 6) is 1.68. The second-order valence-corrected chi connectivity index (χ2v) is 4.42. The number of rotatable bonds is 3.